The third-order valence-electron chi connectivity index (χ3n) is 5.31. The molecule has 0 aliphatic rings. The van der Waals surface area contributed by atoms with E-state index >= 15 is 0 Å². The Balaban J connectivity index is 2.21. The van der Waals surface area contributed by atoms with Crippen LogP contribution in [0.25, 0.3) is 0 Å². The summed E-state index contributed by atoms with van der Waals surface area (Å²) in [5.74, 6) is 1.38. The Morgan fingerprint density at radius 3 is 2.03 bits per heavy atom. The second kappa shape index (κ2) is 11.7. The summed E-state index contributed by atoms with van der Waals surface area (Å²) in [5, 5.41) is 3.01. The van der Waals surface area contributed by atoms with E-state index in [1.54, 1.807) is 12.0 Å². The van der Waals surface area contributed by atoms with Crippen molar-refractivity contribution in [3.63, 3.8) is 0 Å². The highest BCUT2D eigenvalue weighted by atomic mass is 16.5. The molecule has 0 saturated carbocycles. The topological polar surface area (TPSA) is 67.9 Å². The van der Waals surface area contributed by atoms with E-state index in [4.69, 9.17) is 9.47 Å². The molecule has 0 aliphatic carbocycles. The summed E-state index contributed by atoms with van der Waals surface area (Å²) in [5.41, 5.74) is 1.72. The molecule has 1 atom stereocenters. The van der Waals surface area contributed by atoms with Gasteiger partial charge in [-0.3, -0.25) is 9.59 Å². The maximum atomic E-state index is 13.3. The molecule has 0 bridgehead atoms. The highest BCUT2D eigenvalue weighted by Crippen LogP contribution is 2.20. The Kier molecular flexibility index (Phi) is 9.32. The van der Waals surface area contributed by atoms with E-state index in [9.17, 15) is 9.59 Å². The SMILES string of the molecule is CCC(C(=O)NC(C)(C)C)N(Cc1ccc(OC)cc1)C(=O)COc1ccc(C(C)C)cc1. The standard InChI is InChI=1S/C27H38N2O4/c1-8-24(26(31)28-27(4,5)6)29(17-20-9-13-22(32-7)14-10-20)25(30)18-33-23-15-11-21(12-16-23)19(2)3/h9-16,19,24H,8,17-18H2,1-7H3,(H,28,31). The van der Waals surface area contributed by atoms with E-state index < -0.39 is 11.6 Å². The van der Waals surface area contributed by atoms with E-state index in [2.05, 4.69) is 19.2 Å². The first kappa shape index (κ1) is 26.2. The summed E-state index contributed by atoms with van der Waals surface area (Å²) in [6.45, 7) is 12.1. The fourth-order valence-corrected chi connectivity index (χ4v) is 3.48. The third-order valence-corrected chi connectivity index (χ3v) is 5.31. The second-order valence-electron chi connectivity index (χ2n) is 9.55. The van der Waals surface area contributed by atoms with Gasteiger partial charge in [0.25, 0.3) is 5.91 Å². The first-order valence-corrected chi connectivity index (χ1v) is 11.5. The molecular formula is C27H38N2O4. The lowest BCUT2D eigenvalue weighted by molar-refractivity contribution is -0.143. The Morgan fingerprint density at radius 2 is 1.55 bits per heavy atom. The molecule has 0 aromatic heterocycles. The van der Waals surface area contributed by atoms with Gasteiger partial charge in [0, 0.05) is 12.1 Å². The van der Waals surface area contributed by atoms with E-state index in [1.165, 1.54) is 5.56 Å². The quantitative estimate of drug-likeness (QED) is 0.553. The summed E-state index contributed by atoms with van der Waals surface area (Å²) >= 11 is 0. The summed E-state index contributed by atoms with van der Waals surface area (Å²) in [7, 11) is 1.61. The van der Waals surface area contributed by atoms with Gasteiger partial charge in [-0.15, -0.1) is 0 Å². The number of nitrogens with zero attached hydrogens (tertiary/aromatic N) is 1. The molecule has 2 aromatic carbocycles. The lowest BCUT2D eigenvalue weighted by atomic mass is 10.0. The second-order valence-corrected chi connectivity index (χ2v) is 9.55. The van der Waals surface area contributed by atoms with Gasteiger partial charge in [-0.05, 0) is 68.5 Å². The third kappa shape index (κ3) is 8.12. The van der Waals surface area contributed by atoms with Crippen LogP contribution in [-0.2, 0) is 16.1 Å². The lowest BCUT2D eigenvalue weighted by Crippen LogP contribution is -2.54. The normalized spacial score (nSPS) is 12.2. The molecule has 0 aliphatic heterocycles. The molecule has 33 heavy (non-hydrogen) atoms. The first-order valence-electron chi connectivity index (χ1n) is 11.5. The van der Waals surface area contributed by atoms with Crippen molar-refractivity contribution in [2.45, 2.75) is 72.0 Å². The Hall–Kier alpha value is -3.02. The van der Waals surface area contributed by atoms with Crippen LogP contribution < -0.4 is 14.8 Å². The molecule has 2 amide bonds. The lowest BCUT2D eigenvalue weighted by Gasteiger charge is -2.33. The molecule has 0 saturated heterocycles. The number of benzene rings is 2. The predicted octanol–water partition coefficient (Wildman–Crippen LogP) is 4.92. The maximum absolute atomic E-state index is 13.3. The van der Waals surface area contributed by atoms with Crippen LogP contribution >= 0.6 is 0 Å². The van der Waals surface area contributed by atoms with E-state index in [0.717, 1.165) is 11.3 Å². The van der Waals surface area contributed by atoms with Gasteiger partial charge in [0.05, 0.1) is 7.11 Å². The van der Waals surface area contributed by atoms with Crippen LogP contribution in [0, 0.1) is 0 Å². The Bertz CT molecular complexity index is 899. The summed E-state index contributed by atoms with van der Waals surface area (Å²) < 4.78 is 11.0. The highest BCUT2D eigenvalue weighted by Gasteiger charge is 2.30. The number of methoxy groups -OCH3 is 1. The zero-order valence-electron chi connectivity index (χ0n) is 21.0. The minimum Gasteiger partial charge on any atom is -0.497 e. The van der Waals surface area contributed by atoms with Gasteiger partial charge in [0.15, 0.2) is 6.61 Å². The molecule has 180 valence electrons. The average molecular weight is 455 g/mol. The summed E-state index contributed by atoms with van der Waals surface area (Å²) in [6, 6.07) is 14.7. The number of hydrogen-bond donors (Lipinski definition) is 1. The van der Waals surface area contributed by atoms with Gasteiger partial charge < -0.3 is 19.7 Å². The van der Waals surface area contributed by atoms with Crippen LogP contribution in [0.2, 0.25) is 0 Å². The average Bonchev–Trinajstić information content (AvgIpc) is 2.76. The van der Waals surface area contributed by atoms with Crippen molar-refractivity contribution < 1.29 is 19.1 Å². The van der Waals surface area contributed by atoms with Crippen molar-refractivity contribution in [3.8, 4) is 11.5 Å². The number of carbonyl (C=O) groups excluding carboxylic acids is 2. The van der Waals surface area contributed by atoms with Crippen LogP contribution in [-0.4, -0.2) is 42.0 Å². The van der Waals surface area contributed by atoms with Crippen molar-refractivity contribution >= 4 is 11.8 Å². The largest absolute Gasteiger partial charge is 0.497 e. The number of hydrogen-bond acceptors (Lipinski definition) is 4. The summed E-state index contributed by atoms with van der Waals surface area (Å²) in [4.78, 5) is 27.9. The van der Waals surface area contributed by atoms with Gasteiger partial charge in [-0.1, -0.05) is 45.0 Å². The van der Waals surface area contributed by atoms with Crippen LogP contribution in [0.1, 0.15) is 65.0 Å². The summed E-state index contributed by atoms with van der Waals surface area (Å²) in [6.07, 6.45) is 0.493. The zero-order chi connectivity index (χ0) is 24.6. The van der Waals surface area contributed by atoms with E-state index in [-0.39, 0.29) is 18.4 Å². The molecule has 1 unspecified atom stereocenters. The smallest absolute Gasteiger partial charge is 0.261 e. The minimum atomic E-state index is -0.606. The van der Waals surface area contributed by atoms with Crippen LogP contribution in [0.15, 0.2) is 48.5 Å². The van der Waals surface area contributed by atoms with Crippen molar-refractivity contribution in [3.05, 3.63) is 59.7 Å². The van der Waals surface area contributed by atoms with Crippen LogP contribution in [0.3, 0.4) is 0 Å². The van der Waals surface area contributed by atoms with Crippen LogP contribution in [0.5, 0.6) is 11.5 Å². The molecule has 0 radical (unpaired) electrons. The van der Waals surface area contributed by atoms with Crippen molar-refractivity contribution in [2.75, 3.05) is 13.7 Å². The highest BCUT2D eigenvalue weighted by molar-refractivity contribution is 5.88. The number of carbonyl (C=O) groups is 2. The molecule has 2 aromatic rings. The van der Waals surface area contributed by atoms with E-state index in [1.807, 2.05) is 76.2 Å². The minimum absolute atomic E-state index is 0.142. The monoisotopic (exact) mass is 454 g/mol. The van der Waals surface area contributed by atoms with Gasteiger partial charge in [-0.2, -0.15) is 0 Å². The van der Waals surface area contributed by atoms with Crippen molar-refractivity contribution in [1.82, 2.24) is 10.2 Å². The zero-order valence-corrected chi connectivity index (χ0v) is 21.0. The van der Waals surface area contributed by atoms with Gasteiger partial charge in [0.1, 0.15) is 17.5 Å². The molecule has 6 nitrogen and oxygen atoms in total. The number of amides is 2. The molecule has 0 fully saturated rings. The molecule has 0 spiro atoms. The van der Waals surface area contributed by atoms with Crippen molar-refractivity contribution in [2.24, 2.45) is 0 Å². The number of ether oxygens (including phenoxy) is 2. The van der Waals surface area contributed by atoms with Gasteiger partial charge >= 0.3 is 0 Å². The Morgan fingerprint density at radius 1 is 0.970 bits per heavy atom. The fraction of sp³-hybridized carbons (Fsp3) is 0.481. The Labute approximate surface area is 198 Å². The van der Waals surface area contributed by atoms with Crippen LogP contribution in [0.4, 0.5) is 0 Å². The molecule has 1 N–H and O–H groups in total. The molecular weight excluding hydrogens is 416 g/mol. The fourth-order valence-electron chi connectivity index (χ4n) is 3.48. The maximum Gasteiger partial charge on any atom is 0.261 e. The van der Waals surface area contributed by atoms with Gasteiger partial charge in [-0.25, -0.2) is 0 Å². The van der Waals surface area contributed by atoms with E-state index in [0.29, 0.717) is 24.6 Å². The number of nitrogens with one attached hydrogen (secondary N) is 1. The first-order chi connectivity index (χ1) is 15.5. The molecule has 2 rings (SSSR count). The molecule has 6 heteroatoms. The molecule has 0 heterocycles. The van der Waals surface area contributed by atoms with Crippen molar-refractivity contribution in [1.29, 1.82) is 0 Å². The van der Waals surface area contributed by atoms with Gasteiger partial charge in [0.2, 0.25) is 5.91 Å². The number of rotatable bonds is 10. The predicted molar refractivity (Wildman–Crippen MR) is 132 cm³/mol.